The minimum atomic E-state index is -3.66. The second kappa shape index (κ2) is 6.38. The molecule has 1 unspecified atom stereocenters. The van der Waals surface area contributed by atoms with Crippen LogP contribution in [0.3, 0.4) is 0 Å². The van der Waals surface area contributed by atoms with Gasteiger partial charge in [0.15, 0.2) is 5.69 Å². The fourth-order valence-corrected chi connectivity index (χ4v) is 2.89. The van der Waals surface area contributed by atoms with E-state index in [1.807, 2.05) is 5.43 Å². The third-order valence-electron chi connectivity index (χ3n) is 2.88. The molecule has 7 nitrogen and oxygen atoms in total. The maximum absolute atomic E-state index is 12.2. The zero-order valence-corrected chi connectivity index (χ0v) is 12.9. The molecule has 0 radical (unpaired) electrons. The maximum atomic E-state index is 12.2. The minimum Gasteiger partial charge on any atom is -0.289 e. The lowest BCUT2D eigenvalue weighted by molar-refractivity contribution is 0.0949. The van der Waals surface area contributed by atoms with Gasteiger partial charge in [-0.15, -0.1) is 0 Å². The Hall–Kier alpha value is -1.38. The molecule has 1 heterocycles. The van der Waals surface area contributed by atoms with Crippen molar-refractivity contribution in [2.24, 2.45) is 11.8 Å². The third-order valence-corrected chi connectivity index (χ3v) is 5.12. The number of hydrazine groups is 1. The number of nitrogens with zero attached hydrogens (tertiary/aromatic N) is 1. The van der Waals surface area contributed by atoms with Gasteiger partial charge in [-0.3, -0.25) is 14.9 Å². The predicted molar refractivity (Wildman–Crippen MR) is 77.7 cm³/mol. The van der Waals surface area contributed by atoms with Crippen LogP contribution in [0.25, 0.3) is 0 Å². The van der Waals surface area contributed by atoms with Gasteiger partial charge in [0.05, 0.1) is 16.0 Å². The molecule has 0 aliphatic carbocycles. The first-order chi connectivity index (χ1) is 9.19. The van der Waals surface area contributed by atoms with Crippen molar-refractivity contribution in [1.29, 1.82) is 0 Å². The number of sulfonamides is 1. The Morgan fingerprint density at radius 1 is 1.40 bits per heavy atom. The number of anilines is 1. The van der Waals surface area contributed by atoms with Crippen LogP contribution in [0.4, 0.5) is 5.69 Å². The molecule has 0 bridgehead atoms. The fourth-order valence-electron chi connectivity index (χ4n) is 1.37. The summed E-state index contributed by atoms with van der Waals surface area (Å²) in [6, 6.07) is 1.31. The summed E-state index contributed by atoms with van der Waals surface area (Å²) in [5.41, 5.74) is 1.75. The van der Waals surface area contributed by atoms with Crippen molar-refractivity contribution in [3.8, 4) is 0 Å². The average molecular weight is 321 g/mol. The third kappa shape index (κ3) is 3.81. The van der Waals surface area contributed by atoms with Crippen molar-refractivity contribution < 1.29 is 13.2 Å². The van der Waals surface area contributed by atoms with E-state index in [-0.39, 0.29) is 22.3 Å². The van der Waals surface area contributed by atoms with Gasteiger partial charge in [0, 0.05) is 6.20 Å². The van der Waals surface area contributed by atoms with Gasteiger partial charge in [-0.2, -0.15) is 0 Å². The second-order valence-electron chi connectivity index (χ2n) is 4.62. The highest BCUT2D eigenvalue weighted by Gasteiger charge is 2.26. The van der Waals surface area contributed by atoms with E-state index in [0.29, 0.717) is 0 Å². The quantitative estimate of drug-likeness (QED) is 0.427. The Bertz CT molecular complexity index is 604. The number of nitrogens with one attached hydrogen (secondary N) is 2. The molecule has 0 aromatic carbocycles. The molecule has 1 atom stereocenters. The molecule has 0 aliphatic rings. The maximum Gasteiger partial charge on any atom is 0.285 e. The van der Waals surface area contributed by atoms with Crippen LogP contribution >= 0.6 is 11.6 Å². The summed E-state index contributed by atoms with van der Waals surface area (Å²) in [4.78, 5) is 15.3. The number of hydrogen-bond acceptors (Lipinski definition) is 5. The minimum absolute atomic E-state index is 0.00653. The molecule has 0 spiro atoms. The summed E-state index contributed by atoms with van der Waals surface area (Å²) < 4.78 is 26.7. The van der Waals surface area contributed by atoms with Crippen LogP contribution in [0.1, 0.15) is 31.3 Å². The molecule has 4 N–H and O–H groups in total. The second-order valence-corrected chi connectivity index (χ2v) is 7.09. The molecular formula is C11H17ClN4O3S. The molecule has 1 amide bonds. The Morgan fingerprint density at radius 2 is 2.00 bits per heavy atom. The lowest BCUT2D eigenvalue weighted by atomic mass is 10.2. The zero-order valence-electron chi connectivity index (χ0n) is 11.3. The topological polar surface area (TPSA) is 114 Å². The Labute approximate surface area is 122 Å². The number of hydrogen-bond donors (Lipinski definition) is 3. The largest absolute Gasteiger partial charge is 0.289 e. The summed E-state index contributed by atoms with van der Waals surface area (Å²) in [6.45, 7) is 5.15. The molecule has 0 fully saturated rings. The molecular weight excluding hydrogens is 304 g/mol. The SMILES string of the molecule is CC(C)C(C)S(=O)(=O)Nc1cc(Cl)cnc1C(=O)NN. The van der Waals surface area contributed by atoms with E-state index < -0.39 is 21.2 Å². The standard InChI is InChI=1S/C11H17ClN4O3S/c1-6(2)7(3)20(18,19)16-9-4-8(12)5-14-10(9)11(17)15-13/h4-7,16H,13H2,1-3H3,(H,15,17). The van der Waals surface area contributed by atoms with Gasteiger partial charge >= 0.3 is 0 Å². The van der Waals surface area contributed by atoms with Crippen molar-refractivity contribution >= 4 is 33.2 Å². The van der Waals surface area contributed by atoms with Crippen molar-refractivity contribution in [2.45, 2.75) is 26.0 Å². The van der Waals surface area contributed by atoms with Gasteiger partial charge in [0.2, 0.25) is 10.0 Å². The first-order valence-electron chi connectivity index (χ1n) is 5.87. The summed E-state index contributed by atoms with van der Waals surface area (Å²) in [5.74, 6) is 4.23. The number of carbonyl (C=O) groups is 1. The number of halogens is 1. The normalized spacial score (nSPS) is 13.1. The highest BCUT2D eigenvalue weighted by atomic mass is 35.5. The molecule has 1 aromatic heterocycles. The van der Waals surface area contributed by atoms with E-state index >= 15 is 0 Å². The van der Waals surface area contributed by atoms with Gasteiger partial charge in [0.25, 0.3) is 5.91 Å². The highest BCUT2D eigenvalue weighted by Crippen LogP contribution is 2.22. The number of amides is 1. The van der Waals surface area contributed by atoms with Gasteiger partial charge in [-0.05, 0) is 18.9 Å². The molecule has 9 heteroatoms. The molecule has 1 rings (SSSR count). The first-order valence-corrected chi connectivity index (χ1v) is 7.79. The average Bonchev–Trinajstić information content (AvgIpc) is 2.36. The fraction of sp³-hybridized carbons (Fsp3) is 0.455. The van der Waals surface area contributed by atoms with Gasteiger partial charge in [-0.25, -0.2) is 19.2 Å². The van der Waals surface area contributed by atoms with Crippen molar-refractivity contribution in [2.75, 3.05) is 4.72 Å². The van der Waals surface area contributed by atoms with Gasteiger partial charge in [0.1, 0.15) is 0 Å². The Kier molecular flexibility index (Phi) is 5.32. The van der Waals surface area contributed by atoms with E-state index in [1.54, 1.807) is 20.8 Å². The van der Waals surface area contributed by atoms with Crippen molar-refractivity contribution in [3.05, 3.63) is 23.0 Å². The summed E-state index contributed by atoms with van der Waals surface area (Å²) in [6.07, 6.45) is 1.23. The van der Waals surface area contributed by atoms with E-state index in [2.05, 4.69) is 9.71 Å². The van der Waals surface area contributed by atoms with Crippen molar-refractivity contribution in [1.82, 2.24) is 10.4 Å². The van der Waals surface area contributed by atoms with Crippen LogP contribution in [-0.4, -0.2) is 24.6 Å². The lowest BCUT2D eigenvalue weighted by Gasteiger charge is -2.18. The van der Waals surface area contributed by atoms with Crippen LogP contribution in [0, 0.1) is 5.92 Å². The van der Waals surface area contributed by atoms with E-state index in [4.69, 9.17) is 17.4 Å². The van der Waals surface area contributed by atoms with Crippen LogP contribution in [0.2, 0.25) is 5.02 Å². The molecule has 0 saturated carbocycles. The molecule has 0 saturated heterocycles. The Morgan fingerprint density at radius 3 is 2.50 bits per heavy atom. The number of rotatable bonds is 5. The van der Waals surface area contributed by atoms with Gasteiger partial charge in [-0.1, -0.05) is 25.4 Å². The number of nitrogens with two attached hydrogens (primary N) is 1. The molecule has 112 valence electrons. The summed E-state index contributed by atoms with van der Waals surface area (Å²) in [5, 5.41) is -0.441. The monoisotopic (exact) mass is 320 g/mol. The van der Waals surface area contributed by atoms with E-state index in [9.17, 15) is 13.2 Å². The number of nitrogen functional groups attached to an aromatic ring is 1. The van der Waals surface area contributed by atoms with E-state index in [1.165, 1.54) is 12.3 Å². The molecule has 0 aliphatic heterocycles. The number of carbonyl (C=O) groups excluding carboxylic acids is 1. The summed E-state index contributed by atoms with van der Waals surface area (Å²) in [7, 11) is -3.66. The lowest BCUT2D eigenvalue weighted by Crippen LogP contribution is -2.33. The first kappa shape index (κ1) is 16.7. The Balaban J connectivity index is 3.20. The smallest absolute Gasteiger partial charge is 0.285 e. The van der Waals surface area contributed by atoms with Crippen LogP contribution in [-0.2, 0) is 10.0 Å². The highest BCUT2D eigenvalue weighted by molar-refractivity contribution is 7.93. The molecule has 1 aromatic rings. The predicted octanol–water partition coefficient (Wildman–Crippen LogP) is 1.12. The number of pyridine rings is 1. The van der Waals surface area contributed by atoms with Crippen LogP contribution in [0.15, 0.2) is 12.3 Å². The zero-order chi connectivity index (χ0) is 15.5. The van der Waals surface area contributed by atoms with Gasteiger partial charge < -0.3 is 0 Å². The van der Waals surface area contributed by atoms with Crippen molar-refractivity contribution in [3.63, 3.8) is 0 Å². The summed E-state index contributed by atoms with van der Waals surface area (Å²) >= 11 is 5.78. The van der Waals surface area contributed by atoms with Crippen LogP contribution in [0.5, 0.6) is 0 Å². The molecule has 20 heavy (non-hydrogen) atoms. The van der Waals surface area contributed by atoms with Crippen LogP contribution < -0.4 is 16.0 Å². The number of aromatic nitrogens is 1. The van der Waals surface area contributed by atoms with E-state index in [0.717, 1.165) is 0 Å².